The molecule has 4 rings (SSSR count). The Morgan fingerprint density at radius 1 is 1.14 bits per heavy atom. The smallest absolute Gasteiger partial charge is 0.241 e. The van der Waals surface area contributed by atoms with Crippen LogP contribution in [0.1, 0.15) is 24.5 Å². The zero-order valence-electron chi connectivity index (χ0n) is 12.6. The Morgan fingerprint density at radius 3 is 2.43 bits per heavy atom. The zero-order chi connectivity index (χ0) is 14.9. The lowest BCUT2D eigenvalue weighted by atomic mass is 9.71. The van der Waals surface area contributed by atoms with Gasteiger partial charge in [-0.05, 0) is 50.2 Å². The molecule has 108 valence electrons. The molecule has 3 heteroatoms. The first-order valence-electron chi connectivity index (χ1n) is 7.59. The fraction of sp³-hybridized carbons (Fsp3) is 0.444. The average molecular weight is 281 g/mol. The largest absolute Gasteiger partial charge is 0.274 e. The standard InChI is InChI=1S/C18H19NO2/c1-10-5-4-6-11(2)15(10)19-16(20)14-12-7-8-13(9-12)18(14,3)17(19)21/h4-8,12-14H,9H2,1-3H3. The topological polar surface area (TPSA) is 37.4 Å². The van der Waals surface area contributed by atoms with Gasteiger partial charge in [-0.2, -0.15) is 0 Å². The summed E-state index contributed by atoms with van der Waals surface area (Å²) in [6.45, 7) is 5.91. The van der Waals surface area contributed by atoms with Crippen molar-refractivity contribution in [2.45, 2.75) is 27.2 Å². The van der Waals surface area contributed by atoms with Gasteiger partial charge in [-0.15, -0.1) is 0 Å². The highest BCUT2D eigenvalue weighted by Crippen LogP contribution is 2.61. The van der Waals surface area contributed by atoms with Gasteiger partial charge in [0.1, 0.15) is 0 Å². The van der Waals surface area contributed by atoms with E-state index >= 15 is 0 Å². The van der Waals surface area contributed by atoms with E-state index in [0.29, 0.717) is 0 Å². The quantitative estimate of drug-likeness (QED) is 0.586. The molecule has 1 aromatic rings. The number of imide groups is 1. The molecule has 0 aromatic heterocycles. The van der Waals surface area contributed by atoms with Crippen molar-refractivity contribution in [3.05, 3.63) is 41.5 Å². The van der Waals surface area contributed by atoms with Crippen molar-refractivity contribution in [3.8, 4) is 0 Å². The van der Waals surface area contributed by atoms with Gasteiger partial charge in [0.25, 0.3) is 0 Å². The summed E-state index contributed by atoms with van der Waals surface area (Å²) in [5.41, 5.74) is 2.23. The van der Waals surface area contributed by atoms with E-state index in [0.717, 1.165) is 23.2 Å². The van der Waals surface area contributed by atoms with Gasteiger partial charge in [0.05, 0.1) is 17.0 Å². The van der Waals surface area contributed by atoms with Crippen molar-refractivity contribution in [1.82, 2.24) is 0 Å². The highest BCUT2D eigenvalue weighted by molar-refractivity contribution is 6.25. The molecule has 0 radical (unpaired) electrons. The molecule has 2 aliphatic carbocycles. The molecule has 4 unspecified atom stereocenters. The Morgan fingerprint density at radius 2 is 1.81 bits per heavy atom. The number of amides is 2. The SMILES string of the molecule is Cc1cccc(C)c1N1C(=O)C2C3C=CC(C3)C2(C)C1=O. The molecule has 2 amide bonds. The number of aryl methyl sites for hydroxylation is 2. The molecule has 1 aliphatic heterocycles. The number of nitrogens with zero attached hydrogens (tertiary/aromatic N) is 1. The minimum Gasteiger partial charge on any atom is -0.274 e. The second-order valence-electron chi connectivity index (χ2n) is 6.87. The van der Waals surface area contributed by atoms with Crippen LogP contribution in [0.25, 0.3) is 0 Å². The molecule has 4 atom stereocenters. The number of benzene rings is 1. The predicted molar refractivity (Wildman–Crippen MR) is 80.7 cm³/mol. The van der Waals surface area contributed by atoms with E-state index in [-0.39, 0.29) is 29.6 Å². The lowest BCUT2D eigenvalue weighted by Crippen LogP contribution is -2.38. The van der Waals surface area contributed by atoms with Gasteiger partial charge in [-0.1, -0.05) is 30.4 Å². The van der Waals surface area contributed by atoms with E-state index in [1.165, 1.54) is 4.90 Å². The summed E-state index contributed by atoms with van der Waals surface area (Å²) in [5.74, 6) is 0.284. The Balaban J connectivity index is 1.87. The van der Waals surface area contributed by atoms with Gasteiger partial charge in [-0.3, -0.25) is 9.59 Å². The number of carbonyl (C=O) groups excluding carboxylic acids is 2. The first kappa shape index (κ1) is 12.8. The van der Waals surface area contributed by atoms with Gasteiger partial charge in [0, 0.05) is 0 Å². The Bertz CT molecular complexity index is 685. The highest BCUT2D eigenvalue weighted by atomic mass is 16.2. The summed E-state index contributed by atoms with van der Waals surface area (Å²) < 4.78 is 0. The van der Waals surface area contributed by atoms with Crippen LogP contribution in [0.4, 0.5) is 5.69 Å². The van der Waals surface area contributed by atoms with Gasteiger partial charge in [0.15, 0.2) is 0 Å². The van der Waals surface area contributed by atoms with Crippen molar-refractivity contribution >= 4 is 17.5 Å². The molecule has 1 saturated carbocycles. The lowest BCUT2D eigenvalue weighted by Gasteiger charge is -2.28. The van der Waals surface area contributed by atoms with E-state index in [1.54, 1.807) is 0 Å². The summed E-state index contributed by atoms with van der Waals surface area (Å²) in [6, 6.07) is 5.89. The van der Waals surface area contributed by atoms with E-state index in [1.807, 2.05) is 39.0 Å². The molecule has 2 bridgehead atoms. The van der Waals surface area contributed by atoms with Crippen LogP contribution in [0.15, 0.2) is 30.4 Å². The van der Waals surface area contributed by atoms with Crippen molar-refractivity contribution in [2.24, 2.45) is 23.2 Å². The molecule has 1 saturated heterocycles. The number of hydrogen-bond acceptors (Lipinski definition) is 2. The van der Waals surface area contributed by atoms with Crippen LogP contribution in [0.5, 0.6) is 0 Å². The van der Waals surface area contributed by atoms with E-state index in [4.69, 9.17) is 0 Å². The van der Waals surface area contributed by atoms with Crippen LogP contribution in [-0.2, 0) is 9.59 Å². The summed E-state index contributed by atoms with van der Waals surface area (Å²) in [6.07, 6.45) is 5.23. The number of anilines is 1. The van der Waals surface area contributed by atoms with Crippen LogP contribution < -0.4 is 4.90 Å². The number of para-hydroxylation sites is 1. The van der Waals surface area contributed by atoms with Crippen molar-refractivity contribution in [2.75, 3.05) is 4.90 Å². The average Bonchev–Trinajstić information content (AvgIpc) is 3.06. The van der Waals surface area contributed by atoms with Gasteiger partial charge in [0.2, 0.25) is 11.8 Å². The van der Waals surface area contributed by atoms with Gasteiger partial charge < -0.3 is 0 Å². The fourth-order valence-corrected chi connectivity index (χ4v) is 4.68. The summed E-state index contributed by atoms with van der Waals surface area (Å²) in [5, 5.41) is 0. The first-order valence-corrected chi connectivity index (χ1v) is 7.59. The number of fused-ring (bicyclic) bond motifs is 5. The monoisotopic (exact) mass is 281 g/mol. The third-order valence-corrected chi connectivity index (χ3v) is 5.77. The molecule has 2 fully saturated rings. The van der Waals surface area contributed by atoms with E-state index in [2.05, 4.69) is 12.2 Å². The van der Waals surface area contributed by atoms with Gasteiger partial charge >= 0.3 is 0 Å². The zero-order valence-corrected chi connectivity index (χ0v) is 12.6. The summed E-state index contributed by atoms with van der Waals surface area (Å²) >= 11 is 0. The van der Waals surface area contributed by atoms with Crippen molar-refractivity contribution in [3.63, 3.8) is 0 Å². The Hall–Kier alpha value is -1.90. The molecule has 0 spiro atoms. The normalized spacial score (nSPS) is 36.7. The molecule has 21 heavy (non-hydrogen) atoms. The molecule has 3 aliphatic rings. The third-order valence-electron chi connectivity index (χ3n) is 5.77. The van der Waals surface area contributed by atoms with Crippen LogP contribution in [0, 0.1) is 37.0 Å². The van der Waals surface area contributed by atoms with E-state index < -0.39 is 5.41 Å². The van der Waals surface area contributed by atoms with Crippen LogP contribution in [0.3, 0.4) is 0 Å². The first-order chi connectivity index (χ1) is 9.96. The van der Waals surface area contributed by atoms with Crippen LogP contribution in [-0.4, -0.2) is 11.8 Å². The van der Waals surface area contributed by atoms with Crippen molar-refractivity contribution in [1.29, 1.82) is 0 Å². The fourth-order valence-electron chi connectivity index (χ4n) is 4.68. The van der Waals surface area contributed by atoms with Crippen LogP contribution >= 0.6 is 0 Å². The number of hydrogen-bond donors (Lipinski definition) is 0. The van der Waals surface area contributed by atoms with Crippen LogP contribution in [0.2, 0.25) is 0 Å². The maximum Gasteiger partial charge on any atom is 0.241 e. The second-order valence-corrected chi connectivity index (χ2v) is 6.87. The maximum atomic E-state index is 13.1. The number of carbonyl (C=O) groups is 2. The number of rotatable bonds is 1. The Labute approximate surface area is 124 Å². The van der Waals surface area contributed by atoms with Crippen molar-refractivity contribution < 1.29 is 9.59 Å². The molecule has 1 aromatic carbocycles. The molecule has 1 heterocycles. The highest BCUT2D eigenvalue weighted by Gasteiger charge is 2.67. The molecular formula is C18H19NO2. The molecular weight excluding hydrogens is 262 g/mol. The predicted octanol–water partition coefficient (Wildman–Crippen LogP) is 3.01. The summed E-state index contributed by atoms with van der Waals surface area (Å²) in [4.78, 5) is 27.5. The minimum absolute atomic E-state index is 0.00301. The molecule has 3 nitrogen and oxygen atoms in total. The minimum atomic E-state index is -0.536. The summed E-state index contributed by atoms with van der Waals surface area (Å²) in [7, 11) is 0. The lowest BCUT2D eigenvalue weighted by molar-refractivity contribution is -0.127. The van der Waals surface area contributed by atoms with Gasteiger partial charge in [-0.25, -0.2) is 4.90 Å². The maximum absolute atomic E-state index is 13.1. The Kier molecular flexibility index (Phi) is 2.35. The third kappa shape index (κ3) is 1.34. The van der Waals surface area contributed by atoms with E-state index in [9.17, 15) is 9.59 Å². The molecule has 0 N–H and O–H groups in total. The second kappa shape index (κ2) is 3.85. The number of allylic oxidation sites excluding steroid dienone is 2.